The summed E-state index contributed by atoms with van der Waals surface area (Å²) in [4.78, 5) is 12.3. The number of amides is 1. The van der Waals surface area contributed by atoms with Gasteiger partial charge < -0.3 is 5.32 Å². The average Bonchev–Trinajstić information content (AvgIpc) is 2.42. The Labute approximate surface area is 143 Å². The van der Waals surface area contributed by atoms with Gasteiger partial charge in [0.25, 0.3) is 5.91 Å². The normalized spacial score (nSPS) is 12.0. The molecule has 0 aliphatic carbocycles. The van der Waals surface area contributed by atoms with Crippen molar-refractivity contribution in [2.75, 3.05) is 0 Å². The lowest BCUT2D eigenvalue weighted by atomic mass is 10.1. The number of hydrogen-bond donors (Lipinski definition) is 1. The highest BCUT2D eigenvalue weighted by atomic mass is 79.9. The summed E-state index contributed by atoms with van der Waals surface area (Å²) in [6, 6.07) is 13.4. The van der Waals surface area contributed by atoms with Gasteiger partial charge in [0, 0.05) is 13.4 Å². The number of hydrogen-bond acceptors (Lipinski definition) is 1. The van der Waals surface area contributed by atoms with E-state index in [0.29, 0.717) is 5.56 Å². The summed E-state index contributed by atoms with van der Waals surface area (Å²) < 4.78 is 2.68. The van der Waals surface area contributed by atoms with Gasteiger partial charge in [0.15, 0.2) is 0 Å². The molecule has 0 heterocycles. The van der Waals surface area contributed by atoms with Crippen molar-refractivity contribution >= 4 is 53.7 Å². The fourth-order valence-corrected chi connectivity index (χ4v) is 2.83. The number of rotatable bonds is 3. The summed E-state index contributed by atoms with van der Waals surface area (Å²) in [6.45, 7) is 1.97. The fourth-order valence-electron chi connectivity index (χ4n) is 1.78. The van der Waals surface area contributed by atoms with E-state index in [0.717, 1.165) is 19.0 Å². The molecule has 0 fully saturated rings. The largest absolute Gasteiger partial charge is 0.345 e. The smallest absolute Gasteiger partial charge is 0.252 e. The van der Waals surface area contributed by atoms with E-state index in [-0.39, 0.29) is 11.9 Å². The molecule has 2 aromatic rings. The predicted octanol–water partition coefficient (Wildman–Crippen LogP) is 5.47. The van der Waals surface area contributed by atoms with Crippen LogP contribution in [0.4, 0.5) is 0 Å². The molecule has 0 spiro atoms. The molecule has 0 bridgehead atoms. The van der Waals surface area contributed by atoms with Crippen molar-refractivity contribution in [2.24, 2.45) is 0 Å². The summed E-state index contributed by atoms with van der Waals surface area (Å²) in [5, 5.41) is 2.99. The zero-order chi connectivity index (χ0) is 14.7. The topological polar surface area (TPSA) is 29.1 Å². The van der Waals surface area contributed by atoms with Crippen LogP contribution in [0.25, 0.3) is 0 Å². The van der Waals surface area contributed by atoms with E-state index in [1.54, 1.807) is 6.07 Å². The van der Waals surface area contributed by atoms with E-state index < -0.39 is 0 Å². The molecule has 0 aliphatic rings. The predicted molar refractivity (Wildman–Crippen MR) is 91.9 cm³/mol. The van der Waals surface area contributed by atoms with Crippen LogP contribution in [-0.4, -0.2) is 5.91 Å². The molecule has 5 heteroatoms. The van der Waals surface area contributed by atoms with Crippen LogP contribution in [-0.2, 0) is 0 Å². The Hall–Kier alpha value is -0.650. The molecule has 0 aliphatic heterocycles. The summed E-state index contributed by atoms with van der Waals surface area (Å²) in [5.41, 5.74) is 1.68. The maximum atomic E-state index is 12.3. The molecule has 2 nitrogen and oxygen atoms in total. The maximum absolute atomic E-state index is 12.3. The lowest BCUT2D eigenvalue weighted by Gasteiger charge is -2.15. The Morgan fingerprint density at radius 3 is 2.25 bits per heavy atom. The van der Waals surface area contributed by atoms with E-state index >= 15 is 0 Å². The zero-order valence-corrected chi connectivity index (χ0v) is 15.4. The molecule has 0 saturated carbocycles. The first-order chi connectivity index (χ1) is 9.47. The Morgan fingerprint density at radius 1 is 1.00 bits per heavy atom. The lowest BCUT2D eigenvalue weighted by molar-refractivity contribution is 0.0939. The summed E-state index contributed by atoms with van der Waals surface area (Å²) >= 11 is 10.2. The summed E-state index contributed by atoms with van der Waals surface area (Å²) in [5.74, 6) is -0.103. The van der Waals surface area contributed by atoms with Gasteiger partial charge in [0.1, 0.15) is 0 Å². The maximum Gasteiger partial charge on any atom is 0.252 e. The Bertz CT molecular complexity index is 626. The molecule has 1 N–H and O–H groups in total. The molecule has 0 radical (unpaired) electrons. The fraction of sp³-hybridized carbons (Fsp3) is 0.133. The molecular weight excluding hydrogens is 450 g/mol. The Morgan fingerprint density at radius 2 is 1.60 bits per heavy atom. The van der Waals surface area contributed by atoms with Crippen LogP contribution in [0.3, 0.4) is 0 Å². The van der Waals surface area contributed by atoms with Crippen molar-refractivity contribution in [2.45, 2.75) is 13.0 Å². The Balaban J connectivity index is 2.15. The van der Waals surface area contributed by atoms with Gasteiger partial charge in [0.05, 0.1) is 11.6 Å². The third kappa shape index (κ3) is 3.93. The van der Waals surface area contributed by atoms with E-state index in [1.165, 1.54) is 0 Å². The first kappa shape index (κ1) is 15.7. The SMILES string of the molecule is C[C@H](NC(=O)c1cc(Br)ccc1Br)c1ccc(Br)cc1. The number of carbonyl (C=O) groups excluding carboxylic acids is 1. The highest BCUT2D eigenvalue weighted by Crippen LogP contribution is 2.23. The van der Waals surface area contributed by atoms with Crippen LogP contribution in [0.2, 0.25) is 0 Å². The van der Waals surface area contributed by atoms with Gasteiger partial charge in [-0.2, -0.15) is 0 Å². The van der Waals surface area contributed by atoms with Gasteiger partial charge in [-0.3, -0.25) is 4.79 Å². The zero-order valence-electron chi connectivity index (χ0n) is 10.7. The number of nitrogens with one attached hydrogen (secondary N) is 1. The molecule has 0 unspecified atom stereocenters. The van der Waals surface area contributed by atoms with Gasteiger partial charge in [-0.05, 0) is 58.7 Å². The third-order valence-corrected chi connectivity index (χ3v) is 4.60. The molecule has 2 aromatic carbocycles. The van der Waals surface area contributed by atoms with Crippen LogP contribution in [0.1, 0.15) is 28.9 Å². The van der Waals surface area contributed by atoms with E-state index in [4.69, 9.17) is 0 Å². The second-order valence-electron chi connectivity index (χ2n) is 4.37. The highest BCUT2D eigenvalue weighted by molar-refractivity contribution is 9.11. The van der Waals surface area contributed by atoms with Crippen LogP contribution in [0.5, 0.6) is 0 Å². The quantitative estimate of drug-likeness (QED) is 0.645. The second kappa shape index (κ2) is 6.87. The standard InChI is InChI=1S/C15H12Br3NO/c1-9(10-2-4-11(16)5-3-10)19-15(20)13-8-12(17)6-7-14(13)18/h2-9H,1H3,(H,19,20)/t9-/m0/s1. The average molecular weight is 462 g/mol. The van der Waals surface area contributed by atoms with Crippen LogP contribution in [0.15, 0.2) is 55.9 Å². The number of benzene rings is 2. The lowest BCUT2D eigenvalue weighted by Crippen LogP contribution is -2.26. The minimum Gasteiger partial charge on any atom is -0.345 e. The monoisotopic (exact) mass is 459 g/mol. The highest BCUT2D eigenvalue weighted by Gasteiger charge is 2.14. The molecule has 104 valence electrons. The minimum absolute atomic E-state index is 0.0542. The van der Waals surface area contributed by atoms with Crippen LogP contribution in [0, 0.1) is 0 Å². The van der Waals surface area contributed by atoms with Crippen molar-refractivity contribution in [3.05, 3.63) is 67.0 Å². The third-order valence-electron chi connectivity index (χ3n) is 2.89. The van der Waals surface area contributed by atoms with Gasteiger partial charge in [-0.1, -0.05) is 44.0 Å². The molecule has 20 heavy (non-hydrogen) atoms. The van der Waals surface area contributed by atoms with Gasteiger partial charge in [0.2, 0.25) is 0 Å². The molecule has 1 atom stereocenters. The molecule has 0 aromatic heterocycles. The number of carbonyl (C=O) groups is 1. The van der Waals surface area contributed by atoms with Crippen molar-refractivity contribution in [1.29, 1.82) is 0 Å². The van der Waals surface area contributed by atoms with Gasteiger partial charge in [-0.15, -0.1) is 0 Å². The van der Waals surface area contributed by atoms with E-state index in [1.807, 2.05) is 43.3 Å². The molecular formula is C15H12Br3NO. The Kier molecular flexibility index (Phi) is 5.41. The van der Waals surface area contributed by atoms with E-state index in [2.05, 4.69) is 53.1 Å². The van der Waals surface area contributed by atoms with Gasteiger partial charge >= 0.3 is 0 Å². The minimum atomic E-state index is -0.103. The first-order valence-electron chi connectivity index (χ1n) is 5.99. The van der Waals surface area contributed by atoms with Gasteiger partial charge in [-0.25, -0.2) is 0 Å². The number of halogens is 3. The van der Waals surface area contributed by atoms with Crippen LogP contribution >= 0.6 is 47.8 Å². The molecule has 1 amide bonds. The van der Waals surface area contributed by atoms with Crippen molar-refractivity contribution in [3.63, 3.8) is 0 Å². The van der Waals surface area contributed by atoms with Crippen LogP contribution < -0.4 is 5.32 Å². The van der Waals surface area contributed by atoms with Crippen molar-refractivity contribution in [3.8, 4) is 0 Å². The second-order valence-corrected chi connectivity index (χ2v) is 7.06. The van der Waals surface area contributed by atoms with Crippen molar-refractivity contribution in [1.82, 2.24) is 5.32 Å². The van der Waals surface area contributed by atoms with E-state index in [9.17, 15) is 4.79 Å². The summed E-state index contributed by atoms with van der Waals surface area (Å²) in [6.07, 6.45) is 0. The first-order valence-corrected chi connectivity index (χ1v) is 8.36. The van der Waals surface area contributed by atoms with Crippen molar-refractivity contribution < 1.29 is 4.79 Å². The molecule has 0 saturated heterocycles. The summed E-state index contributed by atoms with van der Waals surface area (Å²) in [7, 11) is 0. The molecule has 2 rings (SSSR count).